The predicted octanol–water partition coefficient (Wildman–Crippen LogP) is 4.76. The fourth-order valence-corrected chi connectivity index (χ4v) is 3.64. The summed E-state index contributed by atoms with van der Waals surface area (Å²) in [5, 5.41) is 8.66. The van der Waals surface area contributed by atoms with E-state index in [2.05, 4.69) is 16.1 Å². The number of hydrogen-bond acceptors (Lipinski definition) is 5. The zero-order valence-corrected chi connectivity index (χ0v) is 19.3. The van der Waals surface area contributed by atoms with Crippen molar-refractivity contribution in [2.75, 3.05) is 6.54 Å². The van der Waals surface area contributed by atoms with Gasteiger partial charge in [-0.15, -0.1) is 0 Å². The van der Waals surface area contributed by atoms with E-state index in [-0.39, 0.29) is 77.9 Å². The third-order valence-electron chi connectivity index (χ3n) is 5.03. The molecule has 0 saturated carbocycles. The van der Waals surface area contributed by atoms with Gasteiger partial charge in [-0.2, -0.15) is 8.42 Å². The quantitative estimate of drug-likeness (QED) is 0.0811. The summed E-state index contributed by atoms with van der Waals surface area (Å²) in [4.78, 5) is 14.6. The molecule has 0 bridgehead atoms. The average Bonchev–Trinajstić information content (AvgIpc) is 2.67. The second kappa shape index (κ2) is 28.9. The van der Waals surface area contributed by atoms with E-state index < -0.39 is 17.0 Å². The number of rotatable bonds is 21. The molecule has 0 heterocycles. The molecule has 0 unspecified atom stereocenters. The molecule has 0 amide bonds. The van der Waals surface area contributed by atoms with Crippen LogP contribution in [0.2, 0.25) is 0 Å². The molecule has 0 rings (SSSR count). The van der Waals surface area contributed by atoms with Crippen LogP contribution in [-0.4, -0.2) is 91.1 Å². The van der Waals surface area contributed by atoms with E-state index in [0.717, 1.165) is 19.3 Å². The van der Waals surface area contributed by atoms with Crippen molar-refractivity contribution in [3.8, 4) is 0 Å². The molecule has 0 aliphatic carbocycles. The summed E-state index contributed by atoms with van der Waals surface area (Å²) in [7, 11) is -3.04. The first kappa shape index (κ1) is 36.5. The molecule has 0 spiro atoms. The first-order chi connectivity index (χ1) is 14.1. The van der Waals surface area contributed by atoms with Crippen LogP contribution < -0.4 is 0 Å². The average molecular weight is 482 g/mol. The molecule has 0 aliphatic rings. The van der Waals surface area contributed by atoms with E-state index in [4.69, 9.17) is 5.11 Å². The van der Waals surface area contributed by atoms with Crippen LogP contribution in [0.3, 0.4) is 0 Å². The van der Waals surface area contributed by atoms with Crippen LogP contribution in [0.5, 0.6) is 0 Å². The van der Waals surface area contributed by atoms with Crippen molar-refractivity contribution in [1.29, 1.82) is 0 Å². The van der Waals surface area contributed by atoms with Crippen LogP contribution in [0.1, 0.15) is 122 Å². The van der Waals surface area contributed by atoms with Gasteiger partial charge in [0.25, 0.3) is 11.0 Å². The fraction of sp³-hybridized carbons (Fsp3) is 0.909. The van der Waals surface area contributed by atoms with Gasteiger partial charge in [-0.05, 0) is 6.42 Å². The van der Waals surface area contributed by atoms with Gasteiger partial charge in [-0.3, -0.25) is 9.79 Å². The van der Waals surface area contributed by atoms with Crippen molar-refractivity contribution in [2.45, 2.75) is 122 Å². The number of carboxylic acid groups (broad SMARTS) is 1. The van der Waals surface area contributed by atoms with Crippen LogP contribution in [0.4, 0.5) is 0 Å². The van der Waals surface area contributed by atoms with Crippen molar-refractivity contribution < 1.29 is 22.5 Å². The summed E-state index contributed by atoms with van der Waals surface area (Å²) >= 11 is 0. The second-order valence-corrected chi connectivity index (χ2v) is 8.42. The first-order valence-electron chi connectivity index (χ1n) is 11.6. The van der Waals surface area contributed by atoms with Gasteiger partial charge in [0.15, 0.2) is 0 Å². The Balaban J connectivity index is -0.00000392. The molecule has 9 heteroatoms. The SMILES string of the molecule is CCCCCCCCCCCCCCCCCCN=C(CCC(=O)O)O[SH](=O)=O.[NaH].[NaH]. The Morgan fingerprint density at radius 3 is 1.45 bits per heavy atom. The van der Waals surface area contributed by atoms with Crippen molar-refractivity contribution >= 4 is 82.0 Å². The molecule has 0 atom stereocenters. The second-order valence-electron chi connectivity index (χ2n) is 7.79. The van der Waals surface area contributed by atoms with Crippen molar-refractivity contribution in [3.63, 3.8) is 0 Å². The van der Waals surface area contributed by atoms with Gasteiger partial charge in [-0.25, -0.2) is 0 Å². The van der Waals surface area contributed by atoms with Gasteiger partial charge in [-0.1, -0.05) is 103 Å². The number of carbonyl (C=O) groups is 1. The first-order valence-corrected chi connectivity index (χ1v) is 12.7. The summed E-state index contributed by atoms with van der Waals surface area (Å²) in [5.74, 6) is -0.991. The summed E-state index contributed by atoms with van der Waals surface area (Å²) in [6.07, 6.45) is 20.6. The summed E-state index contributed by atoms with van der Waals surface area (Å²) < 4.78 is 25.8. The molecule has 0 saturated heterocycles. The molecule has 1 N–H and O–H groups in total. The van der Waals surface area contributed by atoms with Crippen LogP contribution in [0.15, 0.2) is 4.99 Å². The van der Waals surface area contributed by atoms with Crippen molar-refractivity contribution in [2.24, 2.45) is 4.99 Å². The standard InChI is InChI=1S/C22H43NO5S.2Na.2H/c1-2-3-4-5-6-7-8-9-10-11-12-13-14-15-16-17-20-23-21(28-29(26)27)18-19-22(24)25;;;;/h29H,2-20H2,1H3,(H,24,25);;;;. The van der Waals surface area contributed by atoms with E-state index in [1.807, 2.05) is 0 Å². The Kier molecular flexibility index (Phi) is 34.0. The van der Waals surface area contributed by atoms with Gasteiger partial charge in [0.2, 0.25) is 5.90 Å². The fourth-order valence-electron chi connectivity index (χ4n) is 3.32. The number of nitrogens with zero attached hydrogens (tertiary/aromatic N) is 1. The van der Waals surface area contributed by atoms with Crippen LogP contribution in [-0.2, 0) is 20.0 Å². The summed E-state index contributed by atoms with van der Waals surface area (Å²) in [5.41, 5.74) is 0. The Morgan fingerprint density at radius 2 is 1.10 bits per heavy atom. The molecule has 0 aliphatic heterocycles. The van der Waals surface area contributed by atoms with E-state index >= 15 is 0 Å². The number of aliphatic carboxylic acids is 1. The summed E-state index contributed by atoms with van der Waals surface area (Å²) in [6.45, 7) is 2.74. The third-order valence-corrected chi connectivity index (χ3v) is 5.39. The van der Waals surface area contributed by atoms with Crippen LogP contribution >= 0.6 is 0 Å². The van der Waals surface area contributed by atoms with E-state index in [1.54, 1.807) is 0 Å². The molecular formula is C22H45NNa2O5S. The molecule has 6 nitrogen and oxygen atoms in total. The van der Waals surface area contributed by atoms with E-state index in [0.29, 0.717) is 6.54 Å². The molecule has 0 aromatic rings. The van der Waals surface area contributed by atoms with Crippen molar-refractivity contribution in [3.05, 3.63) is 0 Å². The molecule has 0 aromatic heterocycles. The maximum atomic E-state index is 10.6. The molecule has 0 radical (unpaired) electrons. The van der Waals surface area contributed by atoms with Gasteiger partial charge in [0, 0.05) is 13.0 Å². The topological polar surface area (TPSA) is 93.0 Å². The zero-order chi connectivity index (χ0) is 21.6. The third kappa shape index (κ3) is 30.9. The monoisotopic (exact) mass is 481 g/mol. The molecule has 176 valence electrons. The van der Waals surface area contributed by atoms with Crippen molar-refractivity contribution in [1.82, 2.24) is 0 Å². The number of hydrogen-bond donors (Lipinski definition) is 2. The number of carboxylic acids is 1. The Labute approximate surface area is 236 Å². The van der Waals surface area contributed by atoms with Gasteiger partial charge < -0.3 is 9.29 Å². The number of aliphatic imine (C=N–C) groups is 1. The maximum absolute atomic E-state index is 10.6. The number of thiol groups is 1. The van der Waals surface area contributed by atoms with E-state index in [1.165, 1.54) is 83.5 Å². The molecule has 0 fully saturated rings. The molecular weight excluding hydrogens is 436 g/mol. The zero-order valence-electron chi connectivity index (χ0n) is 18.4. The normalized spacial score (nSPS) is 11.1. The van der Waals surface area contributed by atoms with E-state index in [9.17, 15) is 13.2 Å². The minimum absolute atomic E-state index is 0. The number of unbranched alkanes of at least 4 members (excludes halogenated alkanes) is 15. The Morgan fingerprint density at radius 1 is 0.710 bits per heavy atom. The Hall–Kier alpha value is 0.890. The Bertz CT molecular complexity index is 494. The van der Waals surface area contributed by atoms with Crippen LogP contribution in [0, 0.1) is 0 Å². The van der Waals surface area contributed by atoms with Gasteiger partial charge in [0.1, 0.15) is 0 Å². The van der Waals surface area contributed by atoms with Gasteiger partial charge >= 0.3 is 65.1 Å². The predicted molar refractivity (Wildman–Crippen MR) is 134 cm³/mol. The summed E-state index contributed by atoms with van der Waals surface area (Å²) in [6, 6.07) is 0. The van der Waals surface area contributed by atoms with Gasteiger partial charge in [0.05, 0.1) is 6.42 Å². The molecule has 0 aromatic carbocycles. The molecule has 31 heavy (non-hydrogen) atoms. The van der Waals surface area contributed by atoms with Crippen LogP contribution in [0.25, 0.3) is 0 Å². The minimum atomic E-state index is -3.04.